The van der Waals surface area contributed by atoms with Crippen LogP contribution in [0.2, 0.25) is 0 Å². The molecule has 1 saturated heterocycles. The third-order valence-corrected chi connectivity index (χ3v) is 2.52. The average molecular weight is 225 g/mol. The highest BCUT2D eigenvalue weighted by molar-refractivity contribution is 5.73. The predicted octanol–water partition coefficient (Wildman–Crippen LogP) is 1.12. The summed E-state index contributed by atoms with van der Waals surface area (Å²) in [6.45, 7) is 1.17. The molecule has 1 heterocycles. The highest BCUT2D eigenvalue weighted by Crippen LogP contribution is 2.18. The van der Waals surface area contributed by atoms with E-state index >= 15 is 0 Å². The maximum Gasteiger partial charge on any atom is 0.334 e. The van der Waals surface area contributed by atoms with Crippen LogP contribution in [0.25, 0.3) is 0 Å². The van der Waals surface area contributed by atoms with Gasteiger partial charge in [0, 0.05) is 12.2 Å². The van der Waals surface area contributed by atoms with Crippen LogP contribution in [0.15, 0.2) is 24.3 Å². The summed E-state index contributed by atoms with van der Waals surface area (Å²) in [5, 5.41) is 8.83. The van der Waals surface area contributed by atoms with Gasteiger partial charge in [-0.3, -0.25) is 0 Å². The Kier molecular flexibility index (Phi) is 3.05. The lowest BCUT2D eigenvalue weighted by atomic mass is 10.2. The number of halogens is 1. The molecular weight excluding hydrogens is 213 g/mol. The first kappa shape index (κ1) is 10.9. The summed E-state index contributed by atoms with van der Waals surface area (Å²) >= 11 is 0. The van der Waals surface area contributed by atoms with E-state index in [9.17, 15) is 9.18 Å². The van der Waals surface area contributed by atoms with Crippen LogP contribution in [0.5, 0.6) is 0 Å². The van der Waals surface area contributed by atoms with Crippen molar-refractivity contribution in [2.45, 2.75) is 6.10 Å². The molecule has 0 aliphatic carbocycles. The molecule has 1 aromatic rings. The van der Waals surface area contributed by atoms with E-state index in [1.807, 2.05) is 4.90 Å². The predicted molar refractivity (Wildman–Crippen MR) is 56.0 cm³/mol. The Labute approximate surface area is 92.2 Å². The highest BCUT2D eigenvalue weighted by Gasteiger charge is 2.26. The maximum absolute atomic E-state index is 13.0. The highest BCUT2D eigenvalue weighted by atomic mass is 19.1. The third kappa shape index (κ3) is 2.30. The largest absolute Gasteiger partial charge is 0.479 e. The Morgan fingerprint density at radius 2 is 2.38 bits per heavy atom. The lowest BCUT2D eigenvalue weighted by Gasteiger charge is -2.32. The first-order valence-electron chi connectivity index (χ1n) is 5.02. The number of carboxylic acid groups (broad SMARTS) is 1. The fourth-order valence-corrected chi connectivity index (χ4v) is 1.71. The zero-order chi connectivity index (χ0) is 11.5. The number of hydrogen-bond acceptors (Lipinski definition) is 3. The Morgan fingerprint density at radius 1 is 1.56 bits per heavy atom. The van der Waals surface area contributed by atoms with Crippen molar-refractivity contribution in [3.05, 3.63) is 30.1 Å². The number of carbonyl (C=O) groups is 1. The standard InChI is InChI=1S/C11H12FNO3/c12-8-2-1-3-9(6-8)13-4-5-16-10(7-13)11(14)15/h1-3,6,10H,4-5,7H2,(H,14,15)/t10-/m1/s1. The van der Waals surface area contributed by atoms with Crippen LogP contribution in [0.4, 0.5) is 10.1 Å². The van der Waals surface area contributed by atoms with Crippen LogP contribution in [-0.2, 0) is 9.53 Å². The zero-order valence-electron chi connectivity index (χ0n) is 8.60. The molecule has 4 nitrogen and oxygen atoms in total. The van der Waals surface area contributed by atoms with E-state index in [1.165, 1.54) is 12.1 Å². The first-order chi connectivity index (χ1) is 7.66. The zero-order valence-corrected chi connectivity index (χ0v) is 8.60. The van der Waals surface area contributed by atoms with Crippen molar-refractivity contribution < 1.29 is 19.0 Å². The minimum atomic E-state index is -0.985. The molecule has 5 heteroatoms. The van der Waals surface area contributed by atoms with E-state index < -0.39 is 12.1 Å². The summed E-state index contributed by atoms with van der Waals surface area (Å²) in [6, 6.07) is 6.12. The molecule has 2 rings (SSSR count). The van der Waals surface area contributed by atoms with Gasteiger partial charge in [-0.05, 0) is 18.2 Å². The number of anilines is 1. The third-order valence-electron chi connectivity index (χ3n) is 2.52. The van der Waals surface area contributed by atoms with E-state index in [-0.39, 0.29) is 12.4 Å². The van der Waals surface area contributed by atoms with Gasteiger partial charge in [-0.15, -0.1) is 0 Å². The number of benzene rings is 1. The maximum atomic E-state index is 13.0. The van der Waals surface area contributed by atoms with Gasteiger partial charge >= 0.3 is 5.97 Å². The van der Waals surface area contributed by atoms with Crippen LogP contribution in [-0.4, -0.2) is 36.9 Å². The number of rotatable bonds is 2. The van der Waals surface area contributed by atoms with E-state index in [0.29, 0.717) is 18.8 Å². The molecule has 0 unspecified atom stereocenters. The molecule has 0 amide bonds. The second-order valence-corrected chi connectivity index (χ2v) is 3.62. The number of carboxylic acids is 1. The fourth-order valence-electron chi connectivity index (χ4n) is 1.71. The summed E-state index contributed by atoms with van der Waals surface area (Å²) in [5.41, 5.74) is 0.689. The second kappa shape index (κ2) is 4.49. The average Bonchev–Trinajstić information content (AvgIpc) is 2.29. The van der Waals surface area contributed by atoms with Gasteiger partial charge in [0.1, 0.15) is 5.82 Å². The molecule has 1 aliphatic rings. The van der Waals surface area contributed by atoms with Crippen molar-refractivity contribution in [3.8, 4) is 0 Å². The van der Waals surface area contributed by atoms with Gasteiger partial charge in [-0.1, -0.05) is 6.07 Å². The van der Waals surface area contributed by atoms with Gasteiger partial charge in [0.25, 0.3) is 0 Å². The van der Waals surface area contributed by atoms with E-state index in [4.69, 9.17) is 9.84 Å². The minimum absolute atomic E-state index is 0.249. The molecule has 1 aromatic carbocycles. The Hall–Kier alpha value is -1.62. The van der Waals surface area contributed by atoms with Crippen LogP contribution in [0.3, 0.4) is 0 Å². The van der Waals surface area contributed by atoms with Crippen LogP contribution >= 0.6 is 0 Å². The van der Waals surface area contributed by atoms with Gasteiger partial charge in [0.05, 0.1) is 13.2 Å². The minimum Gasteiger partial charge on any atom is -0.479 e. The molecule has 0 bridgehead atoms. The number of nitrogens with zero attached hydrogens (tertiary/aromatic N) is 1. The summed E-state index contributed by atoms with van der Waals surface area (Å²) in [6.07, 6.45) is -0.836. The van der Waals surface area contributed by atoms with Gasteiger partial charge in [0.15, 0.2) is 6.10 Å². The topological polar surface area (TPSA) is 49.8 Å². The van der Waals surface area contributed by atoms with Crippen LogP contribution in [0.1, 0.15) is 0 Å². The normalized spacial score (nSPS) is 20.8. The number of hydrogen-bond donors (Lipinski definition) is 1. The Bertz CT molecular complexity index is 397. The summed E-state index contributed by atoms with van der Waals surface area (Å²) in [5.74, 6) is -1.31. The van der Waals surface area contributed by atoms with Gasteiger partial charge in [-0.2, -0.15) is 0 Å². The molecule has 1 atom stereocenters. The molecule has 1 aliphatic heterocycles. The molecule has 0 radical (unpaired) electrons. The van der Waals surface area contributed by atoms with Crippen molar-refractivity contribution in [1.29, 1.82) is 0 Å². The van der Waals surface area contributed by atoms with Crippen molar-refractivity contribution in [2.24, 2.45) is 0 Å². The molecule has 1 fully saturated rings. The quantitative estimate of drug-likeness (QED) is 0.819. The van der Waals surface area contributed by atoms with Crippen molar-refractivity contribution >= 4 is 11.7 Å². The molecular formula is C11H12FNO3. The molecule has 0 spiro atoms. The van der Waals surface area contributed by atoms with Gasteiger partial charge < -0.3 is 14.7 Å². The van der Waals surface area contributed by atoms with E-state index in [0.717, 1.165) is 0 Å². The number of aliphatic carboxylic acids is 1. The summed E-state index contributed by atoms with van der Waals surface area (Å²) in [4.78, 5) is 12.6. The first-order valence-corrected chi connectivity index (χ1v) is 5.02. The van der Waals surface area contributed by atoms with Crippen molar-refractivity contribution in [3.63, 3.8) is 0 Å². The summed E-state index contributed by atoms with van der Waals surface area (Å²) < 4.78 is 18.1. The SMILES string of the molecule is O=C(O)[C@H]1CN(c2cccc(F)c2)CCO1. The van der Waals surface area contributed by atoms with Gasteiger partial charge in [0.2, 0.25) is 0 Å². The van der Waals surface area contributed by atoms with Crippen molar-refractivity contribution in [1.82, 2.24) is 0 Å². The molecule has 1 N–H and O–H groups in total. The molecule has 0 saturated carbocycles. The number of ether oxygens (including phenoxy) is 1. The molecule has 16 heavy (non-hydrogen) atoms. The van der Waals surface area contributed by atoms with Crippen molar-refractivity contribution in [2.75, 3.05) is 24.6 Å². The Morgan fingerprint density at radius 3 is 3.06 bits per heavy atom. The summed E-state index contributed by atoms with van der Waals surface area (Å²) in [7, 11) is 0. The van der Waals surface area contributed by atoms with Crippen LogP contribution < -0.4 is 4.90 Å². The van der Waals surface area contributed by atoms with Crippen LogP contribution in [0, 0.1) is 5.82 Å². The molecule has 86 valence electrons. The monoisotopic (exact) mass is 225 g/mol. The second-order valence-electron chi connectivity index (χ2n) is 3.62. The smallest absolute Gasteiger partial charge is 0.334 e. The van der Waals surface area contributed by atoms with E-state index in [2.05, 4.69) is 0 Å². The van der Waals surface area contributed by atoms with E-state index in [1.54, 1.807) is 12.1 Å². The van der Waals surface area contributed by atoms with Gasteiger partial charge in [-0.25, -0.2) is 9.18 Å². The lowest BCUT2D eigenvalue weighted by Crippen LogP contribution is -2.46. The molecule has 0 aromatic heterocycles. The fraction of sp³-hybridized carbons (Fsp3) is 0.364. The lowest BCUT2D eigenvalue weighted by molar-refractivity contribution is -0.150. The Balaban J connectivity index is 2.12. The number of morpholine rings is 1.